The number of carbonyl (C=O) groups excluding carboxylic acids is 3. The van der Waals surface area contributed by atoms with Crippen molar-refractivity contribution in [2.45, 2.75) is 155 Å². The SMILES string of the molecule is CCCCCCCCCCCCCCC(=O)OC(COC(=O)CCCCCCCC)COC(OCC[N+](C)(C)C)C(=O)[O-]. The summed E-state index contributed by atoms with van der Waals surface area (Å²) in [5.41, 5.74) is 0. The molecule has 0 aliphatic carbocycles. The zero-order valence-electron chi connectivity index (χ0n) is 28.3. The van der Waals surface area contributed by atoms with Gasteiger partial charge in [-0.25, -0.2) is 0 Å². The smallest absolute Gasteiger partial charge is 0.306 e. The lowest BCUT2D eigenvalue weighted by molar-refractivity contribution is -0.870. The van der Waals surface area contributed by atoms with Crippen LogP contribution < -0.4 is 5.11 Å². The van der Waals surface area contributed by atoms with E-state index in [-0.39, 0.29) is 32.2 Å². The van der Waals surface area contributed by atoms with Crippen LogP contribution in [0.4, 0.5) is 0 Å². The second kappa shape index (κ2) is 27.8. The highest BCUT2D eigenvalue weighted by Crippen LogP contribution is 2.14. The van der Waals surface area contributed by atoms with E-state index in [1.54, 1.807) is 0 Å². The third-order valence-corrected chi connectivity index (χ3v) is 7.35. The molecule has 254 valence electrons. The van der Waals surface area contributed by atoms with Gasteiger partial charge in [-0.3, -0.25) is 9.59 Å². The molecule has 0 radical (unpaired) electrons. The first-order valence-electron chi connectivity index (χ1n) is 17.2. The highest BCUT2D eigenvalue weighted by molar-refractivity contribution is 5.70. The third-order valence-electron chi connectivity index (χ3n) is 7.35. The van der Waals surface area contributed by atoms with Crippen molar-refractivity contribution in [3.8, 4) is 0 Å². The highest BCUT2D eigenvalue weighted by Gasteiger charge is 2.21. The molecule has 9 heteroatoms. The van der Waals surface area contributed by atoms with E-state index in [0.717, 1.165) is 44.9 Å². The second-order valence-electron chi connectivity index (χ2n) is 12.8. The quantitative estimate of drug-likeness (QED) is 0.0398. The molecule has 0 aliphatic rings. The number of likely N-dealkylation sites (N-methyl/N-ethyl adjacent to an activating group) is 1. The van der Waals surface area contributed by atoms with Crippen molar-refractivity contribution in [1.29, 1.82) is 0 Å². The Kier molecular flexibility index (Phi) is 26.7. The number of hydrogen-bond acceptors (Lipinski definition) is 8. The summed E-state index contributed by atoms with van der Waals surface area (Å²) >= 11 is 0. The number of hydrogen-bond donors (Lipinski definition) is 0. The molecule has 0 N–H and O–H groups in total. The minimum absolute atomic E-state index is 0.152. The van der Waals surface area contributed by atoms with Gasteiger partial charge in [0.05, 0.1) is 40.3 Å². The topological polar surface area (TPSA) is 111 Å². The van der Waals surface area contributed by atoms with Crippen molar-refractivity contribution in [3.05, 3.63) is 0 Å². The second-order valence-corrected chi connectivity index (χ2v) is 12.8. The van der Waals surface area contributed by atoms with Crippen molar-refractivity contribution < 1.29 is 42.9 Å². The largest absolute Gasteiger partial charge is 0.545 e. The van der Waals surface area contributed by atoms with Crippen LogP contribution in [-0.2, 0) is 33.3 Å². The Labute approximate surface area is 262 Å². The van der Waals surface area contributed by atoms with Crippen LogP contribution >= 0.6 is 0 Å². The summed E-state index contributed by atoms with van der Waals surface area (Å²) in [6.45, 7) is 4.64. The first kappa shape index (κ1) is 41.3. The summed E-state index contributed by atoms with van der Waals surface area (Å²) < 4.78 is 22.3. The predicted molar refractivity (Wildman–Crippen MR) is 168 cm³/mol. The normalized spacial score (nSPS) is 13.0. The number of unbranched alkanes of at least 4 members (excludes halogenated alkanes) is 16. The zero-order valence-corrected chi connectivity index (χ0v) is 28.3. The molecule has 0 saturated carbocycles. The van der Waals surface area contributed by atoms with Crippen LogP contribution in [0.25, 0.3) is 0 Å². The van der Waals surface area contributed by atoms with Gasteiger partial charge in [0, 0.05) is 12.8 Å². The molecule has 0 rings (SSSR count). The minimum Gasteiger partial charge on any atom is -0.545 e. The van der Waals surface area contributed by atoms with Gasteiger partial charge in [-0.2, -0.15) is 0 Å². The number of carbonyl (C=O) groups is 3. The fraction of sp³-hybridized carbons (Fsp3) is 0.912. The van der Waals surface area contributed by atoms with Crippen molar-refractivity contribution >= 4 is 17.9 Å². The van der Waals surface area contributed by atoms with E-state index in [1.807, 2.05) is 21.1 Å². The molecule has 9 nitrogen and oxygen atoms in total. The Bertz CT molecular complexity index is 694. The Morgan fingerprint density at radius 1 is 0.605 bits per heavy atom. The van der Waals surface area contributed by atoms with Gasteiger partial charge in [0.1, 0.15) is 13.2 Å². The zero-order chi connectivity index (χ0) is 32.2. The minimum atomic E-state index is -1.61. The van der Waals surface area contributed by atoms with E-state index in [1.165, 1.54) is 70.6 Å². The van der Waals surface area contributed by atoms with Gasteiger partial charge in [0.25, 0.3) is 0 Å². The summed E-state index contributed by atoms with van der Waals surface area (Å²) in [4.78, 5) is 36.4. The maximum Gasteiger partial charge on any atom is 0.306 e. The molecule has 0 aromatic rings. The highest BCUT2D eigenvalue weighted by atomic mass is 16.7. The standard InChI is InChI=1S/C34H65NO8/c1-6-8-10-12-14-15-16-17-18-19-21-23-25-32(37)43-30(28-41-31(36)24-22-20-13-11-9-7-2)29-42-34(33(38)39)40-27-26-35(3,4)5/h30,34H,6-29H2,1-5H3. The van der Waals surface area contributed by atoms with Crippen molar-refractivity contribution in [3.63, 3.8) is 0 Å². The molecule has 0 bridgehead atoms. The lowest BCUT2D eigenvalue weighted by Crippen LogP contribution is -2.44. The summed E-state index contributed by atoms with van der Waals surface area (Å²) in [7, 11) is 5.89. The number of rotatable bonds is 31. The van der Waals surface area contributed by atoms with Gasteiger partial charge >= 0.3 is 11.9 Å². The lowest BCUT2D eigenvalue weighted by atomic mass is 10.0. The molecular weight excluding hydrogens is 550 g/mol. The van der Waals surface area contributed by atoms with Gasteiger partial charge < -0.3 is 33.3 Å². The number of aliphatic carboxylic acids is 1. The Morgan fingerprint density at radius 2 is 1.05 bits per heavy atom. The van der Waals surface area contributed by atoms with E-state index in [4.69, 9.17) is 18.9 Å². The molecule has 43 heavy (non-hydrogen) atoms. The Balaban J connectivity index is 4.55. The fourth-order valence-electron chi connectivity index (χ4n) is 4.59. The van der Waals surface area contributed by atoms with E-state index in [0.29, 0.717) is 17.4 Å². The van der Waals surface area contributed by atoms with Gasteiger partial charge in [-0.1, -0.05) is 117 Å². The molecule has 0 saturated heterocycles. The molecular formula is C34H65NO8. The molecule has 0 spiro atoms. The molecule has 2 atom stereocenters. The maximum atomic E-state index is 12.6. The summed E-state index contributed by atoms with van der Waals surface area (Å²) in [5.74, 6) is -2.29. The first-order valence-corrected chi connectivity index (χ1v) is 17.2. The fourth-order valence-corrected chi connectivity index (χ4v) is 4.59. The van der Waals surface area contributed by atoms with E-state index in [9.17, 15) is 19.5 Å². The first-order chi connectivity index (χ1) is 20.6. The summed E-state index contributed by atoms with van der Waals surface area (Å²) in [5, 5.41) is 11.5. The number of esters is 2. The summed E-state index contributed by atoms with van der Waals surface area (Å²) in [6, 6.07) is 0. The van der Waals surface area contributed by atoms with Crippen LogP contribution in [-0.4, -0.2) is 82.3 Å². The van der Waals surface area contributed by atoms with Crippen LogP contribution in [0.3, 0.4) is 0 Å². The Hall–Kier alpha value is -1.71. The van der Waals surface area contributed by atoms with E-state index >= 15 is 0 Å². The van der Waals surface area contributed by atoms with Crippen LogP contribution in [0.15, 0.2) is 0 Å². The summed E-state index contributed by atoms with van der Waals surface area (Å²) in [6.07, 6.45) is 18.7. The molecule has 0 aromatic heterocycles. The number of ether oxygens (including phenoxy) is 4. The average molecular weight is 616 g/mol. The van der Waals surface area contributed by atoms with Gasteiger partial charge in [-0.15, -0.1) is 0 Å². The monoisotopic (exact) mass is 615 g/mol. The van der Waals surface area contributed by atoms with Crippen LogP contribution in [0, 0.1) is 0 Å². The van der Waals surface area contributed by atoms with Crippen LogP contribution in [0.5, 0.6) is 0 Å². The lowest BCUT2D eigenvalue weighted by Gasteiger charge is -2.26. The molecule has 0 fully saturated rings. The van der Waals surface area contributed by atoms with E-state index in [2.05, 4.69) is 13.8 Å². The van der Waals surface area contributed by atoms with Gasteiger partial charge in [0.2, 0.25) is 0 Å². The Morgan fingerprint density at radius 3 is 1.49 bits per heavy atom. The number of carboxylic acids is 1. The third kappa shape index (κ3) is 28.8. The van der Waals surface area contributed by atoms with Crippen molar-refractivity contribution in [1.82, 2.24) is 0 Å². The van der Waals surface area contributed by atoms with Gasteiger partial charge in [0.15, 0.2) is 12.4 Å². The van der Waals surface area contributed by atoms with Gasteiger partial charge in [-0.05, 0) is 12.8 Å². The van der Waals surface area contributed by atoms with Crippen LogP contribution in [0.2, 0.25) is 0 Å². The van der Waals surface area contributed by atoms with Crippen molar-refractivity contribution in [2.24, 2.45) is 0 Å². The molecule has 0 amide bonds. The molecule has 0 aromatic carbocycles. The molecule has 0 heterocycles. The maximum absolute atomic E-state index is 12.6. The number of quaternary nitrogens is 1. The molecule has 0 aliphatic heterocycles. The van der Waals surface area contributed by atoms with E-state index < -0.39 is 24.3 Å². The average Bonchev–Trinajstić information content (AvgIpc) is 2.94. The van der Waals surface area contributed by atoms with Crippen LogP contribution in [0.1, 0.15) is 142 Å². The molecule has 2 unspecified atom stereocenters. The predicted octanol–water partition coefficient (Wildman–Crippen LogP) is 6.10. The number of carboxylic acid groups (broad SMARTS) is 1. The number of nitrogens with zero attached hydrogens (tertiary/aromatic N) is 1. The van der Waals surface area contributed by atoms with Crippen molar-refractivity contribution in [2.75, 3.05) is 47.5 Å².